The lowest BCUT2D eigenvalue weighted by Crippen LogP contribution is -2.20. The van der Waals surface area contributed by atoms with Crippen molar-refractivity contribution in [1.29, 1.82) is 0 Å². The summed E-state index contributed by atoms with van der Waals surface area (Å²) in [6.45, 7) is -0.210. The summed E-state index contributed by atoms with van der Waals surface area (Å²) in [5, 5.41) is 3.05. The first-order valence-electron chi connectivity index (χ1n) is 8.02. The van der Waals surface area contributed by atoms with Crippen molar-refractivity contribution in [2.45, 2.75) is 6.42 Å². The molecule has 0 saturated heterocycles. The fraction of sp³-hybridized carbons (Fsp3) is 0.105. The molecule has 6 nitrogen and oxygen atoms in total. The molecule has 0 aliphatic rings. The number of amides is 2. The largest absolute Gasteiger partial charge is 0.484 e. The summed E-state index contributed by atoms with van der Waals surface area (Å²) >= 11 is 1.27. The summed E-state index contributed by atoms with van der Waals surface area (Å²) in [7, 11) is 0. The fourth-order valence-corrected chi connectivity index (χ4v) is 3.15. The van der Waals surface area contributed by atoms with Gasteiger partial charge in [0, 0.05) is 23.1 Å². The van der Waals surface area contributed by atoms with Crippen LogP contribution in [0.2, 0.25) is 0 Å². The van der Waals surface area contributed by atoms with Gasteiger partial charge in [0.1, 0.15) is 11.6 Å². The Balaban J connectivity index is 1.52. The molecule has 1 heterocycles. The molecule has 0 atom stereocenters. The van der Waals surface area contributed by atoms with Gasteiger partial charge in [0.25, 0.3) is 5.91 Å². The molecule has 0 saturated carbocycles. The number of primary amides is 1. The Kier molecular flexibility index (Phi) is 5.77. The number of nitrogens with two attached hydrogens (primary N) is 1. The summed E-state index contributed by atoms with van der Waals surface area (Å²) < 4.78 is 19.1. The Morgan fingerprint density at radius 1 is 1.15 bits per heavy atom. The molecule has 138 valence electrons. The molecule has 2 amide bonds. The number of halogens is 1. The van der Waals surface area contributed by atoms with Gasteiger partial charge in [-0.2, -0.15) is 0 Å². The number of hydrogen-bond acceptors (Lipinski definition) is 5. The van der Waals surface area contributed by atoms with Crippen molar-refractivity contribution in [3.05, 3.63) is 76.5 Å². The minimum Gasteiger partial charge on any atom is -0.484 e. The molecule has 0 aliphatic heterocycles. The summed E-state index contributed by atoms with van der Waals surface area (Å²) in [6.07, 6.45) is 2.01. The molecule has 0 aliphatic carbocycles. The van der Waals surface area contributed by atoms with E-state index < -0.39 is 5.91 Å². The van der Waals surface area contributed by atoms with Gasteiger partial charge in [0.2, 0.25) is 5.91 Å². The van der Waals surface area contributed by atoms with Crippen molar-refractivity contribution >= 4 is 28.3 Å². The molecule has 0 bridgehead atoms. The van der Waals surface area contributed by atoms with Gasteiger partial charge in [0.05, 0.1) is 0 Å². The van der Waals surface area contributed by atoms with E-state index in [1.165, 1.54) is 29.5 Å². The summed E-state index contributed by atoms with van der Waals surface area (Å²) in [5.41, 5.74) is 6.09. The highest BCUT2D eigenvalue weighted by molar-refractivity contribution is 7.15. The molecule has 3 aromatic rings. The molecule has 0 fully saturated rings. The van der Waals surface area contributed by atoms with Gasteiger partial charge in [-0.05, 0) is 35.9 Å². The second-order valence-electron chi connectivity index (χ2n) is 5.63. The number of nitrogens with zero attached hydrogens (tertiary/aromatic N) is 1. The van der Waals surface area contributed by atoms with Gasteiger partial charge < -0.3 is 10.5 Å². The van der Waals surface area contributed by atoms with Crippen LogP contribution in [0.15, 0.2) is 54.7 Å². The average molecular weight is 385 g/mol. The zero-order valence-corrected chi connectivity index (χ0v) is 15.0. The summed E-state index contributed by atoms with van der Waals surface area (Å²) in [6, 6.07) is 12.7. The van der Waals surface area contributed by atoms with E-state index >= 15 is 0 Å². The second-order valence-corrected chi connectivity index (χ2v) is 6.74. The molecule has 3 rings (SSSR count). The Labute approximate surface area is 158 Å². The van der Waals surface area contributed by atoms with E-state index in [-0.39, 0.29) is 18.3 Å². The highest BCUT2D eigenvalue weighted by Crippen LogP contribution is 2.22. The summed E-state index contributed by atoms with van der Waals surface area (Å²) in [5.74, 6) is -0.739. The van der Waals surface area contributed by atoms with E-state index in [4.69, 9.17) is 10.5 Å². The van der Waals surface area contributed by atoms with Crippen LogP contribution in [0.5, 0.6) is 5.75 Å². The van der Waals surface area contributed by atoms with Crippen LogP contribution in [0.25, 0.3) is 0 Å². The highest BCUT2D eigenvalue weighted by Gasteiger charge is 2.10. The third kappa shape index (κ3) is 5.11. The third-order valence-corrected chi connectivity index (χ3v) is 4.54. The number of ether oxygens (including phenoxy) is 1. The first-order valence-corrected chi connectivity index (χ1v) is 8.83. The maximum atomic E-state index is 13.7. The number of rotatable bonds is 7. The Morgan fingerprint density at radius 3 is 2.59 bits per heavy atom. The van der Waals surface area contributed by atoms with Gasteiger partial charge in [-0.25, -0.2) is 9.37 Å². The maximum Gasteiger partial charge on any atom is 0.264 e. The molecular weight excluding hydrogens is 369 g/mol. The first kappa shape index (κ1) is 18.5. The predicted octanol–water partition coefficient (Wildman–Crippen LogP) is 2.99. The third-order valence-electron chi connectivity index (χ3n) is 3.63. The lowest BCUT2D eigenvalue weighted by atomic mass is 10.1. The van der Waals surface area contributed by atoms with Crippen molar-refractivity contribution in [3.63, 3.8) is 0 Å². The molecule has 0 radical (unpaired) electrons. The van der Waals surface area contributed by atoms with E-state index in [1.54, 1.807) is 36.5 Å². The zero-order valence-electron chi connectivity index (χ0n) is 14.1. The predicted molar refractivity (Wildman–Crippen MR) is 100 cm³/mol. The van der Waals surface area contributed by atoms with Gasteiger partial charge in [-0.3, -0.25) is 14.9 Å². The zero-order chi connectivity index (χ0) is 19.2. The van der Waals surface area contributed by atoms with Gasteiger partial charge >= 0.3 is 0 Å². The van der Waals surface area contributed by atoms with Crippen molar-refractivity contribution in [2.75, 3.05) is 11.9 Å². The Bertz CT molecular complexity index is 957. The van der Waals surface area contributed by atoms with E-state index in [1.807, 2.05) is 0 Å². The Hall–Kier alpha value is -3.26. The van der Waals surface area contributed by atoms with Gasteiger partial charge in [-0.15, -0.1) is 11.3 Å². The van der Waals surface area contributed by atoms with Crippen LogP contribution in [0.1, 0.15) is 20.8 Å². The topological polar surface area (TPSA) is 94.3 Å². The summed E-state index contributed by atoms with van der Waals surface area (Å²) in [4.78, 5) is 27.9. The van der Waals surface area contributed by atoms with Crippen LogP contribution in [0.4, 0.5) is 9.52 Å². The normalized spacial score (nSPS) is 10.4. The van der Waals surface area contributed by atoms with Crippen LogP contribution in [-0.4, -0.2) is 23.4 Å². The number of aromatic nitrogens is 1. The molecule has 1 aromatic heterocycles. The second kappa shape index (κ2) is 8.41. The van der Waals surface area contributed by atoms with Crippen LogP contribution in [0, 0.1) is 5.82 Å². The lowest BCUT2D eigenvalue weighted by molar-refractivity contribution is -0.118. The molecule has 3 N–H and O–H groups in total. The average Bonchev–Trinajstić information content (AvgIpc) is 3.09. The van der Waals surface area contributed by atoms with E-state index in [0.29, 0.717) is 28.4 Å². The number of benzene rings is 2. The van der Waals surface area contributed by atoms with Crippen molar-refractivity contribution < 1.29 is 18.7 Å². The molecule has 8 heteroatoms. The van der Waals surface area contributed by atoms with E-state index in [2.05, 4.69) is 10.3 Å². The van der Waals surface area contributed by atoms with Crippen LogP contribution in [0.3, 0.4) is 0 Å². The van der Waals surface area contributed by atoms with Crippen LogP contribution >= 0.6 is 11.3 Å². The maximum absolute atomic E-state index is 13.7. The minimum atomic E-state index is -0.533. The van der Waals surface area contributed by atoms with Crippen molar-refractivity contribution in [1.82, 2.24) is 4.98 Å². The SMILES string of the molecule is NC(=O)c1ccc(OCC(=O)Nc2ncc(Cc3ccccc3F)s2)cc1. The number of thiazole rings is 1. The molecular formula is C19H16FN3O3S. The van der Waals surface area contributed by atoms with Crippen LogP contribution in [-0.2, 0) is 11.2 Å². The molecule has 27 heavy (non-hydrogen) atoms. The number of hydrogen-bond donors (Lipinski definition) is 2. The van der Waals surface area contributed by atoms with Crippen LogP contribution < -0.4 is 15.8 Å². The standard InChI is InChI=1S/C19H16FN3O3S/c20-16-4-2-1-3-13(16)9-15-10-22-19(27-15)23-17(24)11-26-14-7-5-12(6-8-14)18(21)25/h1-8,10H,9,11H2,(H2,21,25)(H,22,23,24). The number of anilines is 1. The van der Waals surface area contributed by atoms with Gasteiger partial charge in [0.15, 0.2) is 11.7 Å². The smallest absolute Gasteiger partial charge is 0.264 e. The first-order chi connectivity index (χ1) is 13.0. The molecule has 2 aromatic carbocycles. The highest BCUT2D eigenvalue weighted by atomic mass is 32.1. The number of nitrogens with one attached hydrogen (secondary N) is 1. The van der Waals surface area contributed by atoms with E-state index in [9.17, 15) is 14.0 Å². The van der Waals surface area contributed by atoms with E-state index in [0.717, 1.165) is 4.88 Å². The van der Waals surface area contributed by atoms with Gasteiger partial charge in [-0.1, -0.05) is 18.2 Å². The minimum absolute atomic E-state index is 0.210. The van der Waals surface area contributed by atoms with Crippen molar-refractivity contribution in [3.8, 4) is 5.75 Å². The Morgan fingerprint density at radius 2 is 1.89 bits per heavy atom. The van der Waals surface area contributed by atoms with Crippen molar-refractivity contribution in [2.24, 2.45) is 5.73 Å². The quantitative estimate of drug-likeness (QED) is 0.654. The molecule has 0 spiro atoms. The lowest BCUT2D eigenvalue weighted by Gasteiger charge is -2.06. The fourth-order valence-electron chi connectivity index (χ4n) is 2.30. The number of carbonyl (C=O) groups excluding carboxylic acids is 2. The number of carbonyl (C=O) groups is 2. The monoisotopic (exact) mass is 385 g/mol. The molecule has 0 unspecified atom stereocenters.